The standard InChI is InChI=1S/C16H27ClN2/c1-6-7-8-9-19(12(2)3)16-15(11-17)13(4)10-14(5)18-16/h10,12H,6-9,11H2,1-5H3. The molecule has 0 aliphatic rings. The summed E-state index contributed by atoms with van der Waals surface area (Å²) in [5.41, 5.74) is 3.50. The molecule has 2 nitrogen and oxygen atoms in total. The van der Waals surface area contributed by atoms with Crippen molar-refractivity contribution in [1.29, 1.82) is 0 Å². The predicted molar refractivity (Wildman–Crippen MR) is 85.3 cm³/mol. The van der Waals surface area contributed by atoms with Crippen LogP contribution in [0.25, 0.3) is 0 Å². The van der Waals surface area contributed by atoms with E-state index >= 15 is 0 Å². The van der Waals surface area contributed by atoms with E-state index in [1.807, 2.05) is 0 Å². The number of hydrogen-bond acceptors (Lipinski definition) is 2. The van der Waals surface area contributed by atoms with E-state index in [1.54, 1.807) is 0 Å². The second-order valence-electron chi connectivity index (χ2n) is 5.51. The highest BCUT2D eigenvalue weighted by molar-refractivity contribution is 6.17. The van der Waals surface area contributed by atoms with Crippen molar-refractivity contribution in [2.45, 2.75) is 65.8 Å². The Bertz CT molecular complexity index is 402. The molecular formula is C16H27ClN2. The molecule has 0 aliphatic carbocycles. The highest BCUT2D eigenvalue weighted by Crippen LogP contribution is 2.26. The Morgan fingerprint density at radius 2 is 1.95 bits per heavy atom. The van der Waals surface area contributed by atoms with Gasteiger partial charge >= 0.3 is 0 Å². The smallest absolute Gasteiger partial charge is 0.133 e. The molecular weight excluding hydrogens is 256 g/mol. The number of pyridine rings is 1. The average molecular weight is 283 g/mol. The molecule has 0 atom stereocenters. The summed E-state index contributed by atoms with van der Waals surface area (Å²) >= 11 is 6.13. The van der Waals surface area contributed by atoms with Gasteiger partial charge in [0.15, 0.2) is 0 Å². The van der Waals surface area contributed by atoms with Crippen molar-refractivity contribution in [1.82, 2.24) is 4.98 Å². The summed E-state index contributed by atoms with van der Waals surface area (Å²) in [6.07, 6.45) is 3.73. The largest absolute Gasteiger partial charge is 0.354 e. The van der Waals surface area contributed by atoms with E-state index in [9.17, 15) is 0 Å². The van der Waals surface area contributed by atoms with Crippen LogP contribution in [0.4, 0.5) is 5.82 Å². The van der Waals surface area contributed by atoms with Gasteiger partial charge in [-0.1, -0.05) is 19.8 Å². The van der Waals surface area contributed by atoms with Gasteiger partial charge in [-0.2, -0.15) is 0 Å². The molecule has 3 heteroatoms. The number of alkyl halides is 1. The number of unbranched alkanes of at least 4 members (excludes halogenated alkanes) is 2. The highest BCUT2D eigenvalue weighted by atomic mass is 35.5. The molecule has 108 valence electrons. The topological polar surface area (TPSA) is 16.1 Å². The number of aryl methyl sites for hydroxylation is 2. The Hall–Kier alpha value is -0.760. The summed E-state index contributed by atoms with van der Waals surface area (Å²) in [5.74, 6) is 1.62. The zero-order valence-corrected chi connectivity index (χ0v) is 13.7. The number of aromatic nitrogens is 1. The van der Waals surface area contributed by atoms with Gasteiger partial charge in [0.2, 0.25) is 0 Å². The van der Waals surface area contributed by atoms with Gasteiger partial charge in [0.1, 0.15) is 5.82 Å². The van der Waals surface area contributed by atoms with Crippen molar-refractivity contribution in [3.05, 3.63) is 22.9 Å². The van der Waals surface area contributed by atoms with Gasteiger partial charge in [-0.3, -0.25) is 0 Å². The van der Waals surface area contributed by atoms with Crippen molar-refractivity contribution >= 4 is 17.4 Å². The zero-order valence-electron chi connectivity index (χ0n) is 13.0. The van der Waals surface area contributed by atoms with Crippen LogP contribution >= 0.6 is 11.6 Å². The average Bonchev–Trinajstić information content (AvgIpc) is 2.33. The number of rotatable bonds is 7. The Balaban J connectivity index is 3.07. The van der Waals surface area contributed by atoms with Crippen molar-refractivity contribution in [2.24, 2.45) is 0 Å². The molecule has 0 unspecified atom stereocenters. The Morgan fingerprint density at radius 1 is 1.26 bits per heavy atom. The second-order valence-corrected chi connectivity index (χ2v) is 5.78. The molecule has 0 spiro atoms. The minimum absolute atomic E-state index is 0.451. The summed E-state index contributed by atoms with van der Waals surface area (Å²) in [5, 5.41) is 0. The fourth-order valence-corrected chi connectivity index (χ4v) is 2.72. The minimum atomic E-state index is 0.451. The lowest BCUT2D eigenvalue weighted by atomic mass is 10.1. The van der Waals surface area contributed by atoms with Gasteiger partial charge in [-0.15, -0.1) is 11.6 Å². The molecule has 0 aromatic carbocycles. The van der Waals surface area contributed by atoms with E-state index in [2.05, 4.69) is 45.6 Å². The lowest BCUT2D eigenvalue weighted by Gasteiger charge is -2.30. The molecule has 0 aliphatic heterocycles. The van der Waals surface area contributed by atoms with Crippen LogP contribution in [0.1, 0.15) is 56.9 Å². The summed E-state index contributed by atoms with van der Waals surface area (Å²) in [4.78, 5) is 7.14. The first-order valence-electron chi connectivity index (χ1n) is 7.31. The molecule has 1 aromatic rings. The van der Waals surface area contributed by atoms with Crippen LogP contribution in [0, 0.1) is 13.8 Å². The van der Waals surface area contributed by atoms with Crippen molar-refractivity contribution in [2.75, 3.05) is 11.4 Å². The van der Waals surface area contributed by atoms with Crippen LogP contribution in [0.5, 0.6) is 0 Å². The molecule has 0 saturated heterocycles. The fraction of sp³-hybridized carbons (Fsp3) is 0.688. The molecule has 1 aromatic heterocycles. The lowest BCUT2D eigenvalue weighted by Crippen LogP contribution is -2.33. The lowest BCUT2D eigenvalue weighted by molar-refractivity contribution is 0.617. The van der Waals surface area contributed by atoms with Crippen LogP contribution in [-0.4, -0.2) is 17.6 Å². The van der Waals surface area contributed by atoms with Gasteiger partial charge in [-0.05, 0) is 45.7 Å². The number of hydrogen-bond donors (Lipinski definition) is 0. The van der Waals surface area contributed by atoms with Crippen molar-refractivity contribution in [3.63, 3.8) is 0 Å². The van der Waals surface area contributed by atoms with E-state index < -0.39 is 0 Å². The van der Waals surface area contributed by atoms with E-state index in [4.69, 9.17) is 16.6 Å². The van der Waals surface area contributed by atoms with Crippen LogP contribution in [0.15, 0.2) is 6.07 Å². The summed E-state index contributed by atoms with van der Waals surface area (Å²) < 4.78 is 0. The maximum absolute atomic E-state index is 6.13. The third-order valence-electron chi connectivity index (χ3n) is 3.49. The first-order valence-corrected chi connectivity index (χ1v) is 7.84. The molecule has 1 rings (SSSR count). The van der Waals surface area contributed by atoms with Gasteiger partial charge in [-0.25, -0.2) is 4.98 Å². The molecule has 0 saturated carbocycles. The van der Waals surface area contributed by atoms with Gasteiger partial charge in [0.05, 0.1) is 5.88 Å². The van der Waals surface area contributed by atoms with E-state index in [0.717, 1.165) is 18.1 Å². The monoisotopic (exact) mass is 282 g/mol. The quantitative estimate of drug-likeness (QED) is 0.525. The molecule has 0 N–H and O–H groups in total. The van der Waals surface area contributed by atoms with Gasteiger partial charge < -0.3 is 4.90 Å². The third-order valence-corrected chi connectivity index (χ3v) is 3.75. The zero-order chi connectivity index (χ0) is 14.4. The first-order chi connectivity index (χ1) is 9.01. The van der Waals surface area contributed by atoms with Crippen LogP contribution in [0.3, 0.4) is 0 Å². The number of nitrogens with zero attached hydrogens (tertiary/aromatic N) is 2. The van der Waals surface area contributed by atoms with E-state index in [-0.39, 0.29) is 0 Å². The summed E-state index contributed by atoms with van der Waals surface area (Å²) in [7, 11) is 0. The Labute approximate surface area is 123 Å². The highest BCUT2D eigenvalue weighted by Gasteiger charge is 2.17. The van der Waals surface area contributed by atoms with Crippen molar-refractivity contribution < 1.29 is 0 Å². The minimum Gasteiger partial charge on any atom is -0.354 e. The van der Waals surface area contributed by atoms with Crippen molar-refractivity contribution in [3.8, 4) is 0 Å². The molecule has 1 heterocycles. The third kappa shape index (κ3) is 4.38. The van der Waals surface area contributed by atoms with Gasteiger partial charge in [0, 0.05) is 23.8 Å². The molecule has 0 fully saturated rings. The maximum Gasteiger partial charge on any atom is 0.133 e. The van der Waals surface area contributed by atoms with Gasteiger partial charge in [0.25, 0.3) is 0 Å². The second kappa shape index (κ2) is 7.74. The van der Waals surface area contributed by atoms with Crippen LogP contribution in [0.2, 0.25) is 0 Å². The predicted octanol–water partition coefficient (Wildman–Crippen LogP) is 4.84. The molecule has 0 amide bonds. The van der Waals surface area contributed by atoms with Crippen LogP contribution in [-0.2, 0) is 5.88 Å². The number of anilines is 1. The number of halogens is 1. The molecule has 0 radical (unpaired) electrons. The maximum atomic E-state index is 6.13. The van der Waals surface area contributed by atoms with E-state index in [1.165, 1.54) is 30.4 Å². The summed E-state index contributed by atoms with van der Waals surface area (Å²) in [6.45, 7) is 11.9. The fourth-order valence-electron chi connectivity index (χ4n) is 2.39. The normalized spacial score (nSPS) is 11.1. The molecule has 19 heavy (non-hydrogen) atoms. The van der Waals surface area contributed by atoms with E-state index in [0.29, 0.717) is 11.9 Å². The first kappa shape index (κ1) is 16.3. The van der Waals surface area contributed by atoms with Crippen LogP contribution < -0.4 is 4.90 Å². The molecule has 0 bridgehead atoms. The Kier molecular flexibility index (Phi) is 6.64. The SMILES string of the molecule is CCCCCN(c1nc(C)cc(C)c1CCl)C(C)C. The Morgan fingerprint density at radius 3 is 2.47 bits per heavy atom. The summed E-state index contributed by atoms with van der Waals surface area (Å²) in [6, 6.07) is 2.57.